The van der Waals surface area contributed by atoms with Crippen LogP contribution < -0.4 is 14.5 Å². The van der Waals surface area contributed by atoms with E-state index >= 15 is 0 Å². The van der Waals surface area contributed by atoms with Gasteiger partial charge in [-0.05, 0) is 92.7 Å². The molecule has 0 unspecified atom stereocenters. The molecule has 0 saturated heterocycles. The first-order chi connectivity index (χ1) is 33.2. The second kappa shape index (κ2) is 15.9. The maximum absolute atomic E-state index is 9.32. The lowest BCUT2D eigenvalue weighted by Gasteiger charge is -2.26. The van der Waals surface area contributed by atoms with Crippen LogP contribution in [-0.4, -0.2) is 22.2 Å². The standard InChI is InChI=1S/C59H56N4OSi/c1-58(2,3)42-31-32-60-56(36-42)63-52-26-14-13-25-48(52)49-30-29-46(38-55(49)63)64-45-23-18-22-44(37-45)61-39-62(54-28-16-15-27-53(54)61)57-50(40-19-11-10-12-20-40)34-43(59(4,5)6)35-51(57)41-21-17-24-47(33-41)65(7,8)9/h10-38H,1-9H3/i10D,11D,12D,19D,20D. The molecule has 0 amide bonds. The van der Waals surface area contributed by atoms with Gasteiger partial charge >= 0.3 is 0 Å². The lowest BCUT2D eigenvalue weighted by Crippen LogP contribution is -2.37. The second-order valence-corrected chi connectivity index (χ2v) is 25.1. The highest BCUT2D eigenvalue weighted by Gasteiger charge is 2.26. The Morgan fingerprint density at radius 1 is 0.600 bits per heavy atom. The number of ether oxygens (including phenoxy) is 1. The predicted molar refractivity (Wildman–Crippen MR) is 274 cm³/mol. The van der Waals surface area contributed by atoms with E-state index in [1.807, 2.05) is 76.0 Å². The van der Waals surface area contributed by atoms with Crippen molar-refractivity contribution in [2.24, 2.45) is 0 Å². The van der Waals surface area contributed by atoms with E-state index in [0.29, 0.717) is 22.7 Å². The third-order valence-electron chi connectivity index (χ3n) is 12.4. The van der Waals surface area contributed by atoms with Crippen molar-refractivity contribution < 1.29 is 16.2 Å². The van der Waals surface area contributed by atoms with Gasteiger partial charge in [0.05, 0.1) is 48.4 Å². The van der Waals surface area contributed by atoms with Crippen LogP contribution in [0.3, 0.4) is 0 Å². The SMILES string of the molecule is [2H]c1c([2H])c([2H])c(-c2cc(C(C)(C)C)cc(-c3cccc([Si](C)(C)C)c3)c2-[n+]2[c-]n(-c3cccc(Oc4ccc5c6ccccc6n(-c6cc(C(C)(C)C)ccn6)c5c4)c3)c3ccccc32)c([2H])c1[2H]. The zero-order valence-electron chi connectivity index (χ0n) is 43.6. The molecule has 6 heteroatoms. The van der Waals surface area contributed by atoms with E-state index in [2.05, 4.69) is 151 Å². The molecule has 0 N–H and O–H groups in total. The Morgan fingerprint density at radius 2 is 1.28 bits per heavy atom. The molecule has 10 rings (SSSR count). The Balaban J connectivity index is 1.16. The smallest absolute Gasteiger partial charge is 0.269 e. The topological polar surface area (TPSA) is 35.9 Å². The van der Waals surface area contributed by atoms with Crippen molar-refractivity contribution in [3.8, 4) is 50.9 Å². The average molecular weight is 870 g/mol. The van der Waals surface area contributed by atoms with Crippen LogP contribution >= 0.6 is 0 Å². The van der Waals surface area contributed by atoms with Crippen molar-refractivity contribution in [1.29, 1.82) is 0 Å². The number of benzene rings is 7. The molecule has 0 aliphatic rings. The van der Waals surface area contributed by atoms with Crippen LogP contribution in [0.25, 0.3) is 72.3 Å². The molecule has 7 aromatic carbocycles. The summed E-state index contributed by atoms with van der Waals surface area (Å²) in [6, 6.07) is 46.0. The van der Waals surface area contributed by atoms with Gasteiger partial charge in [-0.2, -0.15) is 0 Å². The van der Waals surface area contributed by atoms with E-state index in [1.165, 1.54) is 10.8 Å². The minimum atomic E-state index is -1.79. The molecule has 3 aromatic heterocycles. The molecule has 65 heavy (non-hydrogen) atoms. The summed E-state index contributed by atoms with van der Waals surface area (Å²) in [5.74, 6) is 2.14. The van der Waals surface area contributed by atoms with Crippen LogP contribution in [-0.2, 0) is 10.8 Å². The first-order valence-corrected chi connectivity index (χ1v) is 25.8. The Bertz CT molecular complexity index is 3690. The summed E-state index contributed by atoms with van der Waals surface area (Å²) in [7, 11) is -1.79. The summed E-state index contributed by atoms with van der Waals surface area (Å²) in [5.41, 5.74) is 9.41. The highest BCUT2D eigenvalue weighted by Crippen LogP contribution is 2.40. The van der Waals surface area contributed by atoms with Crippen LogP contribution in [0.5, 0.6) is 11.5 Å². The Hall–Kier alpha value is -7.02. The number of nitrogens with zero attached hydrogens (tertiary/aromatic N) is 4. The molecule has 0 saturated carbocycles. The number of hydrogen-bond acceptors (Lipinski definition) is 2. The van der Waals surface area contributed by atoms with Crippen LogP contribution in [0.4, 0.5) is 0 Å². The fourth-order valence-electron chi connectivity index (χ4n) is 8.76. The van der Waals surface area contributed by atoms with E-state index < -0.39 is 14.1 Å². The Labute approximate surface area is 391 Å². The highest BCUT2D eigenvalue weighted by molar-refractivity contribution is 6.88. The summed E-state index contributed by atoms with van der Waals surface area (Å²) < 4.78 is 57.7. The van der Waals surface area contributed by atoms with E-state index in [1.54, 1.807) is 0 Å². The summed E-state index contributed by atoms with van der Waals surface area (Å²) in [6.45, 7) is 20.0. The molecule has 322 valence electrons. The van der Waals surface area contributed by atoms with Crippen molar-refractivity contribution in [2.75, 3.05) is 0 Å². The monoisotopic (exact) mass is 869 g/mol. The minimum absolute atomic E-state index is 0.0530. The number of imidazole rings is 1. The molecular formula is C59H56N4OSi. The maximum atomic E-state index is 9.32. The lowest BCUT2D eigenvalue weighted by molar-refractivity contribution is -0.571. The number of hydrogen-bond donors (Lipinski definition) is 0. The Morgan fingerprint density at radius 3 is 2.03 bits per heavy atom. The van der Waals surface area contributed by atoms with Crippen LogP contribution in [0.15, 0.2) is 176 Å². The Kier molecular flexibility index (Phi) is 8.88. The van der Waals surface area contributed by atoms with E-state index in [0.717, 1.165) is 61.0 Å². The van der Waals surface area contributed by atoms with Gasteiger partial charge in [-0.15, -0.1) is 0 Å². The minimum Gasteiger partial charge on any atom is -0.458 e. The van der Waals surface area contributed by atoms with E-state index in [-0.39, 0.29) is 40.6 Å². The molecule has 10 aromatic rings. The summed E-state index contributed by atoms with van der Waals surface area (Å²) >= 11 is 0. The molecule has 0 fully saturated rings. The fraction of sp³-hybridized carbons (Fsp3) is 0.186. The van der Waals surface area contributed by atoms with Crippen molar-refractivity contribution in [3.63, 3.8) is 0 Å². The third-order valence-corrected chi connectivity index (χ3v) is 14.4. The number of rotatable bonds is 8. The molecule has 0 atom stereocenters. The molecule has 0 bridgehead atoms. The number of fused-ring (bicyclic) bond motifs is 4. The summed E-state index contributed by atoms with van der Waals surface area (Å²) in [6.07, 6.45) is 5.61. The van der Waals surface area contributed by atoms with E-state index in [4.69, 9.17) is 13.8 Å². The van der Waals surface area contributed by atoms with Crippen molar-refractivity contribution >= 4 is 46.1 Å². The quantitative estimate of drug-likeness (QED) is 0.0866. The predicted octanol–water partition coefficient (Wildman–Crippen LogP) is 14.5. The summed E-state index contributed by atoms with van der Waals surface area (Å²) in [5, 5.41) is 3.51. The van der Waals surface area contributed by atoms with Crippen molar-refractivity contribution in [3.05, 3.63) is 193 Å². The van der Waals surface area contributed by atoms with Gasteiger partial charge in [0.1, 0.15) is 17.3 Å². The van der Waals surface area contributed by atoms with Gasteiger partial charge in [0, 0.05) is 23.0 Å². The first kappa shape index (κ1) is 36.3. The fourth-order valence-corrected chi connectivity index (χ4v) is 9.95. The molecule has 3 heterocycles. The van der Waals surface area contributed by atoms with Gasteiger partial charge in [0.2, 0.25) is 0 Å². The second-order valence-electron chi connectivity index (χ2n) is 20.0. The molecule has 0 aliphatic heterocycles. The maximum Gasteiger partial charge on any atom is 0.269 e. The van der Waals surface area contributed by atoms with Crippen LogP contribution in [0, 0.1) is 6.33 Å². The van der Waals surface area contributed by atoms with Gasteiger partial charge < -0.3 is 4.74 Å². The van der Waals surface area contributed by atoms with Gasteiger partial charge in [0.15, 0.2) is 0 Å². The molecule has 0 radical (unpaired) electrons. The lowest BCUT2D eigenvalue weighted by atomic mass is 9.82. The van der Waals surface area contributed by atoms with Gasteiger partial charge in [-0.25, -0.2) is 4.98 Å². The molecule has 0 aliphatic carbocycles. The van der Waals surface area contributed by atoms with Gasteiger partial charge in [-0.3, -0.25) is 13.7 Å². The number of pyridine rings is 1. The highest BCUT2D eigenvalue weighted by atomic mass is 28.3. The zero-order valence-corrected chi connectivity index (χ0v) is 39.6. The normalized spacial score (nSPS) is 13.5. The largest absolute Gasteiger partial charge is 0.458 e. The first-order valence-electron chi connectivity index (χ1n) is 24.8. The van der Waals surface area contributed by atoms with Crippen LogP contribution in [0.2, 0.25) is 19.6 Å². The van der Waals surface area contributed by atoms with Gasteiger partial charge in [0.25, 0.3) is 6.33 Å². The van der Waals surface area contributed by atoms with E-state index in [9.17, 15) is 2.74 Å². The van der Waals surface area contributed by atoms with Crippen LogP contribution in [0.1, 0.15) is 59.5 Å². The summed E-state index contributed by atoms with van der Waals surface area (Å²) in [4.78, 5) is 4.87. The number of para-hydroxylation sites is 3. The average Bonchev–Trinajstić information content (AvgIpc) is 3.88. The van der Waals surface area contributed by atoms with Crippen molar-refractivity contribution in [2.45, 2.75) is 72.0 Å². The molecule has 5 nitrogen and oxygen atoms in total. The third kappa shape index (κ3) is 7.86. The number of aromatic nitrogens is 4. The molecule has 0 spiro atoms. The zero-order chi connectivity index (χ0) is 49.6. The van der Waals surface area contributed by atoms with Crippen molar-refractivity contribution in [1.82, 2.24) is 14.1 Å². The molecular weight excluding hydrogens is 809 g/mol. The van der Waals surface area contributed by atoms with Gasteiger partial charge in [-0.1, -0.05) is 182 Å².